The van der Waals surface area contributed by atoms with Crippen LogP contribution in [0.15, 0.2) is 34.6 Å². The third kappa shape index (κ3) is 2.03. The van der Waals surface area contributed by atoms with Crippen molar-refractivity contribution < 1.29 is 18.3 Å². The number of aliphatic carboxylic acids is 1. The minimum atomic E-state index is -3.44. The smallest absolute Gasteiger partial charge is 0.325 e. The number of sulfone groups is 1. The van der Waals surface area contributed by atoms with Crippen molar-refractivity contribution in [1.82, 2.24) is 5.32 Å². The zero-order valence-electron chi connectivity index (χ0n) is 9.04. The van der Waals surface area contributed by atoms with Gasteiger partial charge in [-0.05, 0) is 13.0 Å². The van der Waals surface area contributed by atoms with Crippen LogP contribution in [0.1, 0.15) is 12.5 Å². The van der Waals surface area contributed by atoms with E-state index in [1.807, 2.05) is 0 Å². The summed E-state index contributed by atoms with van der Waals surface area (Å²) < 4.78 is 23.5. The monoisotopic (exact) mass is 253 g/mol. The molecule has 0 amide bonds. The molecule has 2 rings (SSSR count). The van der Waals surface area contributed by atoms with Crippen LogP contribution in [0.2, 0.25) is 0 Å². The van der Waals surface area contributed by atoms with Crippen LogP contribution in [0.25, 0.3) is 5.70 Å². The third-order valence-electron chi connectivity index (χ3n) is 2.50. The molecule has 1 aliphatic heterocycles. The van der Waals surface area contributed by atoms with Crippen molar-refractivity contribution >= 4 is 21.5 Å². The molecule has 0 aromatic heterocycles. The maximum atomic E-state index is 11.8. The maximum absolute atomic E-state index is 11.8. The van der Waals surface area contributed by atoms with Gasteiger partial charge < -0.3 is 10.4 Å². The van der Waals surface area contributed by atoms with Crippen molar-refractivity contribution in [2.45, 2.75) is 17.9 Å². The van der Waals surface area contributed by atoms with E-state index in [9.17, 15) is 13.2 Å². The molecule has 17 heavy (non-hydrogen) atoms. The SMILES string of the molecule is C[C@H](NC1=CS(=O)(=O)c2ccccc21)C(=O)O. The molecule has 1 aromatic carbocycles. The molecule has 0 saturated carbocycles. The third-order valence-corrected chi connectivity index (χ3v) is 4.01. The molecule has 0 fully saturated rings. The second-order valence-electron chi connectivity index (χ2n) is 3.78. The van der Waals surface area contributed by atoms with Crippen LogP contribution < -0.4 is 5.32 Å². The summed E-state index contributed by atoms with van der Waals surface area (Å²) in [5.41, 5.74) is 0.844. The Morgan fingerprint density at radius 2 is 2.00 bits per heavy atom. The molecule has 2 N–H and O–H groups in total. The topological polar surface area (TPSA) is 83.5 Å². The molecule has 90 valence electrons. The lowest BCUT2D eigenvalue weighted by molar-refractivity contribution is -0.138. The molecule has 1 aliphatic rings. The predicted molar refractivity (Wildman–Crippen MR) is 61.8 cm³/mol. The molecule has 0 saturated heterocycles. The van der Waals surface area contributed by atoms with E-state index < -0.39 is 21.8 Å². The van der Waals surface area contributed by atoms with E-state index in [2.05, 4.69) is 5.32 Å². The normalized spacial score (nSPS) is 18.1. The summed E-state index contributed by atoms with van der Waals surface area (Å²) >= 11 is 0. The van der Waals surface area contributed by atoms with Crippen molar-refractivity contribution in [2.24, 2.45) is 0 Å². The minimum Gasteiger partial charge on any atom is -0.480 e. The van der Waals surface area contributed by atoms with Crippen molar-refractivity contribution in [1.29, 1.82) is 0 Å². The minimum absolute atomic E-state index is 0.208. The largest absolute Gasteiger partial charge is 0.480 e. The van der Waals surface area contributed by atoms with E-state index in [0.29, 0.717) is 11.3 Å². The maximum Gasteiger partial charge on any atom is 0.325 e. The Hall–Kier alpha value is -1.82. The molecule has 1 heterocycles. The Kier molecular flexibility index (Phi) is 2.66. The Labute approximate surface area is 98.7 Å². The standard InChI is InChI=1S/C11H11NO4S/c1-7(11(13)14)12-9-6-17(15,16)10-5-3-2-4-8(9)10/h2-7,12H,1H3,(H,13,14)/t7-/m0/s1. The van der Waals surface area contributed by atoms with Gasteiger partial charge in [-0.2, -0.15) is 0 Å². The molecule has 5 nitrogen and oxygen atoms in total. The highest BCUT2D eigenvalue weighted by atomic mass is 32.2. The quantitative estimate of drug-likeness (QED) is 0.833. The van der Waals surface area contributed by atoms with Gasteiger partial charge in [-0.15, -0.1) is 0 Å². The van der Waals surface area contributed by atoms with E-state index in [-0.39, 0.29) is 4.90 Å². The number of benzene rings is 1. The highest BCUT2D eigenvalue weighted by Gasteiger charge is 2.27. The van der Waals surface area contributed by atoms with Gasteiger partial charge in [-0.1, -0.05) is 18.2 Å². The number of rotatable bonds is 3. The Morgan fingerprint density at radius 1 is 1.35 bits per heavy atom. The number of hydrogen-bond donors (Lipinski definition) is 2. The van der Waals surface area contributed by atoms with Gasteiger partial charge in [0.05, 0.1) is 16.0 Å². The highest BCUT2D eigenvalue weighted by molar-refractivity contribution is 7.95. The summed E-state index contributed by atoms with van der Waals surface area (Å²) in [6, 6.07) is 5.64. The summed E-state index contributed by atoms with van der Waals surface area (Å²) in [5.74, 6) is -1.03. The van der Waals surface area contributed by atoms with Crippen molar-refractivity contribution in [2.75, 3.05) is 0 Å². The lowest BCUT2D eigenvalue weighted by Crippen LogP contribution is -2.32. The number of carboxylic acids is 1. The summed E-state index contributed by atoms with van der Waals surface area (Å²) in [5, 5.41) is 12.5. The van der Waals surface area contributed by atoms with E-state index in [1.165, 1.54) is 13.0 Å². The van der Waals surface area contributed by atoms with Gasteiger partial charge in [-0.3, -0.25) is 4.79 Å². The van der Waals surface area contributed by atoms with Crippen molar-refractivity contribution in [3.05, 3.63) is 35.2 Å². The molecular weight excluding hydrogens is 242 g/mol. The highest BCUT2D eigenvalue weighted by Crippen LogP contribution is 2.31. The summed E-state index contributed by atoms with van der Waals surface area (Å²) in [6.45, 7) is 1.46. The number of carboxylic acid groups (broad SMARTS) is 1. The molecule has 0 spiro atoms. The van der Waals surface area contributed by atoms with E-state index in [1.54, 1.807) is 18.2 Å². The first-order chi connectivity index (χ1) is 7.92. The number of carbonyl (C=O) groups is 1. The number of hydrogen-bond acceptors (Lipinski definition) is 4. The molecular formula is C11H11NO4S. The van der Waals surface area contributed by atoms with Gasteiger partial charge >= 0.3 is 5.97 Å². The van der Waals surface area contributed by atoms with Gasteiger partial charge in [0, 0.05) is 5.56 Å². The van der Waals surface area contributed by atoms with Crippen molar-refractivity contribution in [3.63, 3.8) is 0 Å². The van der Waals surface area contributed by atoms with Crippen molar-refractivity contribution in [3.8, 4) is 0 Å². The fourth-order valence-electron chi connectivity index (χ4n) is 1.63. The second-order valence-corrected chi connectivity index (χ2v) is 5.54. The number of nitrogens with one attached hydrogen (secondary N) is 1. The van der Waals surface area contributed by atoms with Crippen LogP contribution in [0.3, 0.4) is 0 Å². The molecule has 0 radical (unpaired) electrons. The number of fused-ring (bicyclic) bond motifs is 1. The van der Waals surface area contributed by atoms with E-state index >= 15 is 0 Å². The lowest BCUT2D eigenvalue weighted by Gasteiger charge is -2.11. The zero-order chi connectivity index (χ0) is 12.6. The van der Waals surface area contributed by atoms with Crippen LogP contribution in [0.4, 0.5) is 0 Å². The zero-order valence-corrected chi connectivity index (χ0v) is 9.86. The Balaban J connectivity index is 2.42. The van der Waals surface area contributed by atoms with Gasteiger partial charge in [0.1, 0.15) is 6.04 Å². The van der Waals surface area contributed by atoms with E-state index in [0.717, 1.165) is 5.41 Å². The summed E-state index contributed by atoms with van der Waals surface area (Å²) in [6.07, 6.45) is 0. The first-order valence-electron chi connectivity index (χ1n) is 4.97. The fraction of sp³-hybridized carbons (Fsp3) is 0.182. The Morgan fingerprint density at radius 3 is 2.65 bits per heavy atom. The van der Waals surface area contributed by atoms with Gasteiger partial charge in [0.15, 0.2) is 0 Å². The molecule has 6 heteroatoms. The van der Waals surface area contributed by atoms with E-state index in [4.69, 9.17) is 5.11 Å². The average Bonchev–Trinajstić information content (AvgIpc) is 2.51. The summed E-state index contributed by atoms with van der Waals surface area (Å²) in [7, 11) is -3.44. The van der Waals surface area contributed by atoms with Gasteiger partial charge in [0.2, 0.25) is 9.84 Å². The fourth-order valence-corrected chi connectivity index (χ4v) is 3.01. The molecule has 1 aromatic rings. The first kappa shape index (κ1) is 11.7. The van der Waals surface area contributed by atoms with Crippen LogP contribution in [0.5, 0.6) is 0 Å². The van der Waals surface area contributed by atoms with Crippen LogP contribution in [0, 0.1) is 0 Å². The second kappa shape index (κ2) is 3.89. The first-order valence-corrected chi connectivity index (χ1v) is 6.52. The molecule has 0 bridgehead atoms. The van der Waals surface area contributed by atoms with Gasteiger partial charge in [0.25, 0.3) is 0 Å². The molecule has 0 unspecified atom stereocenters. The predicted octanol–water partition coefficient (Wildman–Crippen LogP) is 0.835. The molecule has 0 aliphatic carbocycles. The Bertz CT molecular complexity index is 604. The van der Waals surface area contributed by atoms with Crippen LogP contribution in [-0.4, -0.2) is 25.5 Å². The average molecular weight is 253 g/mol. The lowest BCUT2D eigenvalue weighted by atomic mass is 10.1. The van der Waals surface area contributed by atoms with Crippen LogP contribution in [-0.2, 0) is 14.6 Å². The molecule has 1 atom stereocenters. The van der Waals surface area contributed by atoms with Crippen LogP contribution >= 0.6 is 0 Å². The summed E-state index contributed by atoms with van der Waals surface area (Å²) in [4.78, 5) is 10.9. The van der Waals surface area contributed by atoms with Gasteiger partial charge in [-0.25, -0.2) is 8.42 Å².